The van der Waals surface area contributed by atoms with Gasteiger partial charge in [0.1, 0.15) is 0 Å². The van der Waals surface area contributed by atoms with Crippen molar-refractivity contribution < 1.29 is 0 Å². The molecule has 0 aliphatic rings. The first-order valence-corrected chi connectivity index (χ1v) is 7.43. The standard InChI is InChI=1S/C14H15Cl2NS/c15-12-3-1-10(2-4-12)7-11(9-17)8-13-5-6-14(16)18-13/h1-6,11H,7-9,17H2. The Morgan fingerprint density at radius 3 is 2.28 bits per heavy atom. The molecule has 4 heteroatoms. The summed E-state index contributed by atoms with van der Waals surface area (Å²) in [5.41, 5.74) is 7.13. The number of benzene rings is 1. The second kappa shape index (κ2) is 6.58. The summed E-state index contributed by atoms with van der Waals surface area (Å²) in [6, 6.07) is 12.0. The number of hydrogen-bond acceptors (Lipinski definition) is 2. The summed E-state index contributed by atoms with van der Waals surface area (Å²) in [5, 5.41) is 0.771. The summed E-state index contributed by atoms with van der Waals surface area (Å²) in [6.45, 7) is 0.679. The molecule has 0 amide bonds. The van der Waals surface area contributed by atoms with Crippen LogP contribution in [0.15, 0.2) is 36.4 Å². The summed E-state index contributed by atoms with van der Waals surface area (Å²) in [4.78, 5) is 1.30. The molecule has 2 aromatic rings. The van der Waals surface area contributed by atoms with Crippen molar-refractivity contribution in [1.29, 1.82) is 0 Å². The van der Waals surface area contributed by atoms with Crippen LogP contribution in [0, 0.1) is 5.92 Å². The lowest BCUT2D eigenvalue weighted by molar-refractivity contribution is 0.537. The fourth-order valence-corrected chi connectivity index (χ4v) is 3.27. The molecule has 0 saturated carbocycles. The SMILES string of the molecule is NCC(Cc1ccc(Cl)cc1)Cc1ccc(Cl)s1. The van der Waals surface area contributed by atoms with Crippen LogP contribution in [0.2, 0.25) is 9.36 Å². The van der Waals surface area contributed by atoms with Gasteiger partial charge in [-0.3, -0.25) is 0 Å². The summed E-state index contributed by atoms with van der Waals surface area (Å²) in [7, 11) is 0. The topological polar surface area (TPSA) is 26.0 Å². The van der Waals surface area contributed by atoms with Gasteiger partial charge in [0.15, 0.2) is 0 Å². The van der Waals surface area contributed by atoms with Gasteiger partial charge in [0.05, 0.1) is 4.34 Å². The van der Waals surface area contributed by atoms with Crippen molar-refractivity contribution in [3.8, 4) is 0 Å². The Morgan fingerprint density at radius 1 is 1.00 bits per heavy atom. The summed E-state index contributed by atoms with van der Waals surface area (Å²) in [6.07, 6.45) is 1.96. The zero-order chi connectivity index (χ0) is 13.0. The van der Waals surface area contributed by atoms with E-state index in [1.165, 1.54) is 10.4 Å². The summed E-state index contributed by atoms with van der Waals surface area (Å²) < 4.78 is 0.840. The molecule has 96 valence electrons. The molecule has 0 spiro atoms. The van der Waals surface area contributed by atoms with E-state index in [0.29, 0.717) is 12.5 Å². The third kappa shape index (κ3) is 3.99. The zero-order valence-corrected chi connectivity index (χ0v) is 12.2. The average Bonchev–Trinajstić information content (AvgIpc) is 2.77. The minimum absolute atomic E-state index is 0.445. The number of rotatable bonds is 5. The fourth-order valence-electron chi connectivity index (χ4n) is 1.94. The van der Waals surface area contributed by atoms with Gasteiger partial charge in [-0.15, -0.1) is 11.3 Å². The number of nitrogens with two attached hydrogens (primary N) is 1. The molecule has 1 unspecified atom stereocenters. The Balaban J connectivity index is 1.99. The highest BCUT2D eigenvalue weighted by atomic mass is 35.5. The maximum absolute atomic E-state index is 5.94. The largest absolute Gasteiger partial charge is 0.330 e. The van der Waals surface area contributed by atoms with Gasteiger partial charge < -0.3 is 5.73 Å². The van der Waals surface area contributed by atoms with Gasteiger partial charge in [-0.05, 0) is 55.1 Å². The van der Waals surface area contributed by atoms with Gasteiger partial charge in [0, 0.05) is 9.90 Å². The molecule has 2 rings (SSSR count). The monoisotopic (exact) mass is 299 g/mol. The van der Waals surface area contributed by atoms with Crippen molar-refractivity contribution in [1.82, 2.24) is 0 Å². The molecule has 18 heavy (non-hydrogen) atoms. The van der Waals surface area contributed by atoms with E-state index in [9.17, 15) is 0 Å². The van der Waals surface area contributed by atoms with Gasteiger partial charge in [-0.1, -0.05) is 35.3 Å². The summed E-state index contributed by atoms with van der Waals surface area (Å²) >= 11 is 13.4. The van der Waals surface area contributed by atoms with E-state index in [4.69, 9.17) is 28.9 Å². The second-order valence-electron chi connectivity index (χ2n) is 4.34. The van der Waals surface area contributed by atoms with Crippen molar-refractivity contribution in [2.45, 2.75) is 12.8 Å². The van der Waals surface area contributed by atoms with E-state index < -0.39 is 0 Å². The summed E-state index contributed by atoms with van der Waals surface area (Å²) in [5.74, 6) is 0.445. The number of hydrogen-bond donors (Lipinski definition) is 1. The van der Waals surface area contributed by atoms with E-state index in [1.54, 1.807) is 11.3 Å². The molecule has 1 aromatic carbocycles. The first kappa shape index (κ1) is 13.9. The zero-order valence-electron chi connectivity index (χ0n) is 9.90. The van der Waals surface area contributed by atoms with Crippen LogP contribution in [0.3, 0.4) is 0 Å². The third-order valence-corrected chi connectivity index (χ3v) is 4.40. The van der Waals surface area contributed by atoms with Crippen LogP contribution in [0.1, 0.15) is 10.4 Å². The van der Waals surface area contributed by atoms with E-state index in [2.05, 4.69) is 18.2 Å². The maximum atomic E-state index is 5.94. The molecular formula is C14H15Cl2NS. The van der Waals surface area contributed by atoms with Gasteiger partial charge in [0.25, 0.3) is 0 Å². The van der Waals surface area contributed by atoms with Crippen molar-refractivity contribution in [3.05, 3.63) is 56.2 Å². The number of halogens is 2. The van der Waals surface area contributed by atoms with Gasteiger partial charge in [-0.25, -0.2) is 0 Å². The predicted molar refractivity (Wildman–Crippen MR) is 80.7 cm³/mol. The molecule has 0 fully saturated rings. The van der Waals surface area contributed by atoms with Crippen molar-refractivity contribution in [2.75, 3.05) is 6.54 Å². The molecule has 1 aromatic heterocycles. The predicted octanol–water partition coefficient (Wildman–Crippen LogP) is 4.42. The van der Waals surface area contributed by atoms with Crippen LogP contribution >= 0.6 is 34.5 Å². The lowest BCUT2D eigenvalue weighted by Crippen LogP contribution is -2.18. The smallest absolute Gasteiger partial charge is 0.0931 e. The van der Waals surface area contributed by atoms with E-state index in [1.807, 2.05) is 18.2 Å². The quantitative estimate of drug-likeness (QED) is 0.869. The molecule has 0 bridgehead atoms. The Morgan fingerprint density at radius 2 is 1.72 bits per heavy atom. The van der Waals surface area contributed by atoms with Crippen molar-refractivity contribution in [3.63, 3.8) is 0 Å². The first-order chi connectivity index (χ1) is 8.67. The van der Waals surface area contributed by atoms with E-state index in [-0.39, 0.29) is 0 Å². The minimum Gasteiger partial charge on any atom is -0.330 e. The molecule has 0 saturated heterocycles. The van der Waals surface area contributed by atoms with E-state index in [0.717, 1.165) is 22.2 Å². The van der Waals surface area contributed by atoms with Crippen LogP contribution < -0.4 is 5.73 Å². The highest BCUT2D eigenvalue weighted by molar-refractivity contribution is 7.16. The molecule has 1 nitrogen and oxygen atoms in total. The van der Waals surface area contributed by atoms with Crippen molar-refractivity contribution in [2.24, 2.45) is 11.7 Å². The molecule has 2 N–H and O–H groups in total. The first-order valence-electron chi connectivity index (χ1n) is 5.86. The highest BCUT2D eigenvalue weighted by Crippen LogP contribution is 2.25. The van der Waals surface area contributed by atoms with Crippen LogP contribution in [0.5, 0.6) is 0 Å². The molecule has 0 aliphatic heterocycles. The highest BCUT2D eigenvalue weighted by Gasteiger charge is 2.10. The lowest BCUT2D eigenvalue weighted by Gasteiger charge is -2.13. The maximum Gasteiger partial charge on any atom is 0.0931 e. The minimum atomic E-state index is 0.445. The van der Waals surface area contributed by atoms with Gasteiger partial charge in [0.2, 0.25) is 0 Å². The third-order valence-electron chi connectivity index (χ3n) is 2.89. The lowest BCUT2D eigenvalue weighted by atomic mass is 9.96. The molecule has 0 radical (unpaired) electrons. The Labute approximate surface area is 122 Å². The molecule has 0 aliphatic carbocycles. The van der Waals surface area contributed by atoms with Crippen LogP contribution in [0.4, 0.5) is 0 Å². The Hall–Kier alpha value is -0.540. The van der Waals surface area contributed by atoms with Gasteiger partial charge in [-0.2, -0.15) is 0 Å². The van der Waals surface area contributed by atoms with Gasteiger partial charge >= 0.3 is 0 Å². The normalized spacial score (nSPS) is 12.6. The number of thiophene rings is 1. The van der Waals surface area contributed by atoms with Crippen molar-refractivity contribution >= 4 is 34.5 Å². The average molecular weight is 300 g/mol. The molecular weight excluding hydrogens is 285 g/mol. The second-order valence-corrected chi connectivity index (χ2v) is 6.58. The Bertz CT molecular complexity index is 493. The fraction of sp³-hybridized carbons (Fsp3) is 0.286. The van der Waals surface area contributed by atoms with E-state index >= 15 is 0 Å². The van der Waals surface area contributed by atoms with Crippen LogP contribution in [0.25, 0.3) is 0 Å². The molecule has 1 atom stereocenters. The van der Waals surface area contributed by atoms with Crippen LogP contribution in [-0.2, 0) is 12.8 Å². The Kier molecular flexibility index (Phi) is 5.07. The molecule has 1 heterocycles. The van der Waals surface area contributed by atoms with Crippen LogP contribution in [-0.4, -0.2) is 6.54 Å².